The lowest BCUT2D eigenvalue weighted by molar-refractivity contribution is 0.420. The smallest absolute Gasteiger partial charge is 0.0104 e. The summed E-state index contributed by atoms with van der Waals surface area (Å²) in [5.41, 5.74) is 11.3. The van der Waals surface area contributed by atoms with Gasteiger partial charge in [-0.1, -0.05) is 103 Å². The minimum Gasteiger partial charge on any atom is -0.105 e. The highest BCUT2D eigenvalue weighted by molar-refractivity contribution is 7.28. The zero-order chi connectivity index (χ0) is 23.9. The normalized spacial score (nSPS) is 17.9. The van der Waals surface area contributed by atoms with Crippen molar-refractivity contribution in [3.63, 3.8) is 0 Å². The molecule has 0 N–H and O–H groups in total. The summed E-state index contributed by atoms with van der Waals surface area (Å²) in [5, 5.41) is 1.55. The molecular formula is C33H49P. The number of aryl methyl sites for hydroxylation is 3. The third kappa shape index (κ3) is 5.81. The van der Waals surface area contributed by atoms with Gasteiger partial charge in [0.05, 0.1) is 0 Å². The van der Waals surface area contributed by atoms with Crippen molar-refractivity contribution in [3.8, 4) is 11.1 Å². The monoisotopic (exact) mass is 476 g/mol. The minimum absolute atomic E-state index is 0.766. The lowest BCUT2D eigenvalue weighted by atomic mass is 9.74. The molecule has 2 fully saturated rings. The van der Waals surface area contributed by atoms with E-state index in [2.05, 4.69) is 54.3 Å². The van der Waals surface area contributed by atoms with Gasteiger partial charge in [0.1, 0.15) is 0 Å². The maximum Gasteiger partial charge on any atom is -0.0104 e. The number of hydrogen-bond donors (Lipinski definition) is 0. The first-order valence-electron chi connectivity index (χ1n) is 14.7. The lowest BCUT2D eigenvalue weighted by Gasteiger charge is -2.32. The van der Waals surface area contributed by atoms with E-state index in [0.29, 0.717) is 0 Å². The van der Waals surface area contributed by atoms with Gasteiger partial charge in [-0.25, -0.2) is 0 Å². The molecule has 0 spiro atoms. The molecule has 1 heteroatoms. The average Bonchev–Trinajstić information content (AvgIpc) is 2.86. The summed E-state index contributed by atoms with van der Waals surface area (Å²) in [7, 11) is 3.29. The van der Waals surface area contributed by atoms with Crippen molar-refractivity contribution < 1.29 is 0 Å². The van der Waals surface area contributed by atoms with Crippen LogP contribution in [0.15, 0.2) is 24.3 Å². The topological polar surface area (TPSA) is 0 Å². The van der Waals surface area contributed by atoms with Crippen molar-refractivity contribution in [3.05, 3.63) is 52.1 Å². The van der Waals surface area contributed by atoms with Gasteiger partial charge in [-0.05, 0) is 101 Å². The third-order valence-electron chi connectivity index (χ3n) is 8.59. The SMILES string of the molecule is CCCc1cc(CCC)c(-c2ccc(C3CCCCC3)c(C3CCCCC3)c2P)c(CCC)c1. The number of rotatable bonds is 9. The van der Waals surface area contributed by atoms with E-state index in [4.69, 9.17) is 0 Å². The van der Waals surface area contributed by atoms with Crippen molar-refractivity contribution in [2.45, 2.75) is 135 Å². The van der Waals surface area contributed by atoms with E-state index < -0.39 is 0 Å². The van der Waals surface area contributed by atoms with Crippen LogP contribution in [0.5, 0.6) is 0 Å². The highest BCUT2D eigenvalue weighted by Crippen LogP contribution is 2.43. The van der Waals surface area contributed by atoms with E-state index >= 15 is 0 Å². The summed E-state index contributed by atoms with van der Waals surface area (Å²) in [6, 6.07) is 10.2. The van der Waals surface area contributed by atoms with E-state index in [1.165, 1.54) is 108 Å². The molecule has 0 heterocycles. The molecular weight excluding hydrogens is 427 g/mol. The molecule has 0 amide bonds. The summed E-state index contributed by atoms with van der Waals surface area (Å²) >= 11 is 0. The Balaban J connectivity index is 1.88. The Morgan fingerprint density at radius 2 is 1.21 bits per heavy atom. The Morgan fingerprint density at radius 3 is 1.74 bits per heavy atom. The maximum absolute atomic E-state index is 3.29. The largest absolute Gasteiger partial charge is 0.105 e. The molecule has 2 saturated carbocycles. The van der Waals surface area contributed by atoms with Crippen LogP contribution in [0.25, 0.3) is 11.1 Å². The number of hydrogen-bond acceptors (Lipinski definition) is 0. The molecule has 0 bridgehead atoms. The van der Waals surface area contributed by atoms with Crippen LogP contribution in [0, 0.1) is 0 Å². The van der Waals surface area contributed by atoms with Gasteiger partial charge in [-0.3, -0.25) is 0 Å². The van der Waals surface area contributed by atoms with E-state index in [0.717, 1.165) is 11.8 Å². The van der Waals surface area contributed by atoms with Crippen LogP contribution < -0.4 is 5.30 Å². The Bertz CT molecular complexity index is 901. The van der Waals surface area contributed by atoms with Gasteiger partial charge in [0, 0.05) is 0 Å². The number of benzene rings is 2. The molecule has 2 aliphatic rings. The molecule has 1 unspecified atom stereocenters. The highest BCUT2D eigenvalue weighted by atomic mass is 31.0. The summed E-state index contributed by atoms with van der Waals surface area (Å²) in [6.07, 6.45) is 21.4. The van der Waals surface area contributed by atoms with Crippen LogP contribution in [-0.2, 0) is 19.3 Å². The van der Waals surface area contributed by atoms with E-state index in [9.17, 15) is 0 Å². The standard InChI is InChI=1S/C33H49P/c1-4-13-24-22-27(14-5-2)31(28(23-24)15-6-3)30-21-20-29(25-16-9-7-10-17-25)32(33(30)34)26-18-11-8-12-19-26/h20-23,25-26H,4-19,34H2,1-3H3. The van der Waals surface area contributed by atoms with E-state index in [1.807, 2.05) is 0 Å². The van der Waals surface area contributed by atoms with Crippen LogP contribution in [0.4, 0.5) is 0 Å². The second-order valence-corrected chi connectivity index (χ2v) is 11.8. The third-order valence-corrected chi connectivity index (χ3v) is 9.21. The zero-order valence-corrected chi connectivity index (χ0v) is 23.5. The van der Waals surface area contributed by atoms with Crippen molar-refractivity contribution in [1.29, 1.82) is 0 Å². The minimum atomic E-state index is 0.766. The second-order valence-electron chi connectivity index (χ2n) is 11.2. The fourth-order valence-corrected chi connectivity index (χ4v) is 7.68. The summed E-state index contributed by atoms with van der Waals surface area (Å²) in [5.74, 6) is 1.55. The molecule has 0 nitrogen and oxygen atoms in total. The molecule has 0 aromatic heterocycles. The first-order valence-corrected chi connectivity index (χ1v) is 15.3. The van der Waals surface area contributed by atoms with Gasteiger partial charge in [0.25, 0.3) is 0 Å². The second kappa shape index (κ2) is 12.7. The van der Waals surface area contributed by atoms with Crippen molar-refractivity contribution >= 4 is 14.5 Å². The molecule has 2 aromatic rings. The zero-order valence-electron chi connectivity index (χ0n) is 22.4. The Labute approximate surface area is 212 Å². The van der Waals surface area contributed by atoms with Crippen molar-refractivity contribution in [2.24, 2.45) is 0 Å². The summed E-state index contributed by atoms with van der Waals surface area (Å²) in [6.45, 7) is 7.00. The van der Waals surface area contributed by atoms with Crippen LogP contribution >= 0.6 is 9.24 Å². The van der Waals surface area contributed by atoms with Gasteiger partial charge >= 0.3 is 0 Å². The Morgan fingerprint density at radius 1 is 0.676 bits per heavy atom. The molecule has 1 atom stereocenters. The van der Waals surface area contributed by atoms with Gasteiger partial charge in [-0.15, -0.1) is 9.24 Å². The molecule has 0 aliphatic heterocycles. The lowest BCUT2D eigenvalue weighted by Crippen LogP contribution is -2.20. The molecule has 4 rings (SSSR count). The molecule has 186 valence electrons. The fraction of sp³-hybridized carbons (Fsp3) is 0.636. The van der Waals surface area contributed by atoms with E-state index in [-0.39, 0.29) is 0 Å². The van der Waals surface area contributed by atoms with Crippen LogP contribution in [-0.4, -0.2) is 0 Å². The highest BCUT2D eigenvalue weighted by Gasteiger charge is 2.27. The first-order chi connectivity index (χ1) is 16.7. The Hall–Kier alpha value is -1.13. The van der Waals surface area contributed by atoms with Gasteiger partial charge in [0.15, 0.2) is 0 Å². The maximum atomic E-state index is 3.29. The predicted molar refractivity (Wildman–Crippen MR) is 155 cm³/mol. The van der Waals surface area contributed by atoms with Gasteiger partial charge < -0.3 is 0 Å². The molecule has 0 radical (unpaired) electrons. The first kappa shape index (κ1) is 25.9. The molecule has 34 heavy (non-hydrogen) atoms. The van der Waals surface area contributed by atoms with Crippen LogP contribution in [0.2, 0.25) is 0 Å². The predicted octanol–water partition coefficient (Wildman–Crippen LogP) is 9.81. The van der Waals surface area contributed by atoms with Crippen molar-refractivity contribution in [2.75, 3.05) is 0 Å². The summed E-state index contributed by atoms with van der Waals surface area (Å²) in [4.78, 5) is 0. The van der Waals surface area contributed by atoms with Crippen molar-refractivity contribution in [1.82, 2.24) is 0 Å². The molecule has 2 aromatic carbocycles. The Kier molecular flexibility index (Phi) is 9.70. The van der Waals surface area contributed by atoms with Crippen LogP contribution in [0.3, 0.4) is 0 Å². The average molecular weight is 477 g/mol. The van der Waals surface area contributed by atoms with Gasteiger partial charge in [0.2, 0.25) is 0 Å². The van der Waals surface area contributed by atoms with Gasteiger partial charge in [-0.2, -0.15) is 0 Å². The summed E-state index contributed by atoms with van der Waals surface area (Å²) < 4.78 is 0. The molecule has 0 saturated heterocycles. The van der Waals surface area contributed by atoms with E-state index in [1.54, 1.807) is 38.7 Å². The quantitative estimate of drug-likeness (QED) is 0.316. The molecule has 2 aliphatic carbocycles. The fourth-order valence-electron chi connectivity index (χ4n) is 7.04. The van der Waals surface area contributed by atoms with Crippen LogP contribution in [0.1, 0.15) is 144 Å².